The van der Waals surface area contributed by atoms with Crippen molar-refractivity contribution < 1.29 is 13.9 Å². The molecule has 0 unspecified atom stereocenters. The van der Waals surface area contributed by atoms with Crippen LogP contribution in [-0.4, -0.2) is 5.91 Å². The molecule has 0 aliphatic rings. The van der Waals surface area contributed by atoms with E-state index in [1.807, 2.05) is 37.5 Å². The Hall–Kier alpha value is -2.27. The topological polar surface area (TPSA) is 77.5 Å². The average molecular weight is 260 g/mol. The summed E-state index contributed by atoms with van der Waals surface area (Å²) in [5.74, 6) is 5.62. The lowest BCUT2D eigenvalue weighted by atomic mass is 10.1. The first-order valence-corrected chi connectivity index (χ1v) is 5.90. The van der Waals surface area contributed by atoms with Gasteiger partial charge in [-0.3, -0.25) is 10.2 Å². The van der Waals surface area contributed by atoms with E-state index in [4.69, 9.17) is 15.0 Å². The molecule has 0 aliphatic carbocycles. The van der Waals surface area contributed by atoms with Gasteiger partial charge in [-0.25, -0.2) is 5.84 Å². The van der Waals surface area contributed by atoms with Crippen LogP contribution in [0.2, 0.25) is 0 Å². The van der Waals surface area contributed by atoms with Crippen LogP contribution < -0.4 is 16.0 Å². The van der Waals surface area contributed by atoms with Gasteiger partial charge in [0, 0.05) is 5.56 Å². The second-order valence-corrected chi connectivity index (χ2v) is 4.26. The molecule has 5 nitrogen and oxygen atoms in total. The number of furan rings is 1. The standard InChI is InChI=1S/C14H16N2O3/c1-9-4-3-5-10(2)12(9)19-8-11-6-7-18-13(11)14(17)16-15/h3-7H,8,15H2,1-2H3,(H,16,17). The molecule has 1 amide bonds. The van der Waals surface area contributed by atoms with Crippen LogP contribution in [0.15, 0.2) is 34.9 Å². The summed E-state index contributed by atoms with van der Waals surface area (Å²) in [4.78, 5) is 11.5. The minimum atomic E-state index is -0.467. The first kappa shape index (κ1) is 13.2. The summed E-state index contributed by atoms with van der Waals surface area (Å²) in [6.45, 7) is 4.21. The number of nitrogens with one attached hydrogen (secondary N) is 1. The Balaban J connectivity index is 2.15. The maximum Gasteiger partial charge on any atom is 0.301 e. The fourth-order valence-electron chi connectivity index (χ4n) is 1.89. The molecule has 5 heteroatoms. The summed E-state index contributed by atoms with van der Waals surface area (Å²) in [6, 6.07) is 7.62. The van der Waals surface area contributed by atoms with Gasteiger partial charge in [0.25, 0.3) is 0 Å². The Morgan fingerprint density at radius 1 is 1.32 bits per heavy atom. The lowest BCUT2D eigenvalue weighted by Gasteiger charge is -2.11. The quantitative estimate of drug-likeness (QED) is 0.501. The third kappa shape index (κ3) is 2.77. The minimum absolute atomic E-state index is 0.175. The molecule has 0 bridgehead atoms. The summed E-state index contributed by atoms with van der Waals surface area (Å²) in [7, 11) is 0. The summed E-state index contributed by atoms with van der Waals surface area (Å²) in [5.41, 5.74) is 4.80. The third-order valence-corrected chi connectivity index (χ3v) is 2.86. The molecule has 1 aromatic heterocycles. The monoisotopic (exact) mass is 260 g/mol. The van der Waals surface area contributed by atoms with Crippen LogP contribution >= 0.6 is 0 Å². The van der Waals surface area contributed by atoms with Gasteiger partial charge in [-0.05, 0) is 31.0 Å². The van der Waals surface area contributed by atoms with Crippen LogP contribution in [0.3, 0.4) is 0 Å². The Morgan fingerprint density at radius 3 is 2.63 bits per heavy atom. The van der Waals surface area contributed by atoms with Crippen molar-refractivity contribution in [3.8, 4) is 5.75 Å². The number of benzene rings is 1. The summed E-state index contributed by atoms with van der Waals surface area (Å²) >= 11 is 0. The van der Waals surface area contributed by atoms with E-state index in [0.29, 0.717) is 5.56 Å². The normalized spacial score (nSPS) is 10.3. The van der Waals surface area contributed by atoms with Crippen molar-refractivity contribution in [3.63, 3.8) is 0 Å². The van der Waals surface area contributed by atoms with Gasteiger partial charge in [0.05, 0.1) is 6.26 Å². The van der Waals surface area contributed by atoms with Gasteiger partial charge in [0.15, 0.2) is 5.76 Å². The Labute approximate surface area is 111 Å². The number of ether oxygens (including phenoxy) is 1. The maximum absolute atomic E-state index is 11.5. The molecular formula is C14H16N2O3. The number of carbonyl (C=O) groups is 1. The number of nitrogens with two attached hydrogens (primary N) is 1. The molecular weight excluding hydrogens is 244 g/mol. The molecule has 0 spiro atoms. The summed E-state index contributed by atoms with van der Waals surface area (Å²) < 4.78 is 10.9. The van der Waals surface area contributed by atoms with Crippen LogP contribution in [0.4, 0.5) is 0 Å². The largest absolute Gasteiger partial charge is 0.488 e. The van der Waals surface area contributed by atoms with E-state index in [2.05, 4.69) is 0 Å². The molecule has 3 N–H and O–H groups in total. The molecule has 0 atom stereocenters. The molecule has 19 heavy (non-hydrogen) atoms. The van der Waals surface area contributed by atoms with Gasteiger partial charge in [-0.2, -0.15) is 0 Å². The van der Waals surface area contributed by atoms with Crippen molar-refractivity contribution in [2.45, 2.75) is 20.5 Å². The second kappa shape index (κ2) is 5.58. The second-order valence-electron chi connectivity index (χ2n) is 4.26. The molecule has 1 aromatic carbocycles. The van der Waals surface area contributed by atoms with Crippen molar-refractivity contribution in [1.82, 2.24) is 5.43 Å². The number of aryl methyl sites for hydroxylation is 2. The number of para-hydroxylation sites is 1. The molecule has 0 radical (unpaired) electrons. The SMILES string of the molecule is Cc1cccc(C)c1OCc1ccoc1C(=O)NN. The number of carbonyl (C=O) groups excluding carboxylic acids is 1. The van der Waals surface area contributed by atoms with Crippen molar-refractivity contribution in [3.05, 3.63) is 53.0 Å². The van der Waals surface area contributed by atoms with Gasteiger partial charge in [-0.15, -0.1) is 0 Å². The number of hydrogen-bond acceptors (Lipinski definition) is 4. The third-order valence-electron chi connectivity index (χ3n) is 2.86. The number of hydrazine groups is 1. The molecule has 0 saturated carbocycles. The molecule has 2 aromatic rings. The highest BCUT2D eigenvalue weighted by Crippen LogP contribution is 2.24. The molecule has 0 aliphatic heterocycles. The average Bonchev–Trinajstić information content (AvgIpc) is 2.85. The highest BCUT2D eigenvalue weighted by atomic mass is 16.5. The smallest absolute Gasteiger partial charge is 0.301 e. The lowest BCUT2D eigenvalue weighted by molar-refractivity contribution is 0.0922. The first-order valence-electron chi connectivity index (χ1n) is 5.90. The number of nitrogen functional groups attached to an aromatic ring is 1. The maximum atomic E-state index is 11.5. The summed E-state index contributed by atoms with van der Waals surface area (Å²) in [5, 5.41) is 0. The summed E-state index contributed by atoms with van der Waals surface area (Å²) in [6.07, 6.45) is 1.44. The fourth-order valence-corrected chi connectivity index (χ4v) is 1.89. The van der Waals surface area contributed by atoms with E-state index in [1.165, 1.54) is 6.26 Å². The van der Waals surface area contributed by atoms with Gasteiger partial charge in [0.1, 0.15) is 12.4 Å². The van der Waals surface area contributed by atoms with Crippen LogP contribution in [0.1, 0.15) is 27.2 Å². The molecule has 100 valence electrons. The van der Waals surface area contributed by atoms with Crippen LogP contribution in [0.5, 0.6) is 5.75 Å². The van der Waals surface area contributed by atoms with Crippen molar-refractivity contribution >= 4 is 5.91 Å². The van der Waals surface area contributed by atoms with E-state index < -0.39 is 5.91 Å². The molecule has 0 fully saturated rings. The van der Waals surface area contributed by atoms with Crippen molar-refractivity contribution in [2.24, 2.45) is 5.84 Å². The van der Waals surface area contributed by atoms with Gasteiger partial charge >= 0.3 is 5.91 Å². The zero-order chi connectivity index (χ0) is 13.8. The van der Waals surface area contributed by atoms with Crippen molar-refractivity contribution in [2.75, 3.05) is 0 Å². The zero-order valence-electron chi connectivity index (χ0n) is 10.9. The van der Waals surface area contributed by atoms with Crippen LogP contribution in [-0.2, 0) is 6.61 Å². The van der Waals surface area contributed by atoms with E-state index in [9.17, 15) is 4.79 Å². The van der Waals surface area contributed by atoms with Gasteiger partial charge < -0.3 is 9.15 Å². The Bertz CT molecular complexity index is 570. The van der Waals surface area contributed by atoms with E-state index >= 15 is 0 Å². The predicted molar refractivity (Wildman–Crippen MR) is 70.6 cm³/mol. The fraction of sp³-hybridized carbons (Fsp3) is 0.214. The molecule has 2 rings (SSSR count). The molecule has 0 saturated heterocycles. The van der Waals surface area contributed by atoms with Gasteiger partial charge in [-0.1, -0.05) is 18.2 Å². The van der Waals surface area contributed by atoms with E-state index in [-0.39, 0.29) is 12.4 Å². The highest BCUT2D eigenvalue weighted by Gasteiger charge is 2.15. The van der Waals surface area contributed by atoms with E-state index in [0.717, 1.165) is 16.9 Å². The lowest BCUT2D eigenvalue weighted by Crippen LogP contribution is -2.30. The highest BCUT2D eigenvalue weighted by molar-refractivity contribution is 5.92. The van der Waals surface area contributed by atoms with Crippen LogP contribution in [0, 0.1) is 13.8 Å². The molecule has 1 heterocycles. The number of hydrogen-bond donors (Lipinski definition) is 2. The number of amides is 1. The Morgan fingerprint density at radius 2 is 2.00 bits per heavy atom. The van der Waals surface area contributed by atoms with Gasteiger partial charge in [0.2, 0.25) is 0 Å². The van der Waals surface area contributed by atoms with Crippen LogP contribution in [0.25, 0.3) is 0 Å². The zero-order valence-corrected chi connectivity index (χ0v) is 10.9. The number of rotatable bonds is 4. The predicted octanol–water partition coefficient (Wildman–Crippen LogP) is 2.08. The first-order chi connectivity index (χ1) is 9.13. The Kier molecular flexibility index (Phi) is 3.87. The van der Waals surface area contributed by atoms with E-state index in [1.54, 1.807) is 6.07 Å². The minimum Gasteiger partial charge on any atom is -0.488 e. The van der Waals surface area contributed by atoms with Crippen molar-refractivity contribution in [1.29, 1.82) is 0 Å².